The summed E-state index contributed by atoms with van der Waals surface area (Å²) in [5, 5.41) is 0. The summed E-state index contributed by atoms with van der Waals surface area (Å²) in [5.41, 5.74) is 0. The fourth-order valence-electron chi connectivity index (χ4n) is 8.70. The number of unbranched alkanes of at least 4 members (excludes halogenated alkanes) is 44. The van der Waals surface area contributed by atoms with Gasteiger partial charge in [-0.1, -0.05) is 301 Å². The maximum absolute atomic E-state index is 12.1. The molecule has 0 aromatic carbocycles. The van der Waals surface area contributed by atoms with Crippen molar-refractivity contribution in [1.82, 2.24) is 0 Å². The van der Waals surface area contributed by atoms with Gasteiger partial charge in [-0.05, 0) is 44.9 Å². The lowest BCUT2D eigenvalue weighted by Crippen LogP contribution is -2.05. The smallest absolute Gasteiger partial charge is 0.305 e. The Bertz CT molecular complexity index is 813. The fraction of sp³-hybridized carbons (Fsp3) is 0.912. The zero-order chi connectivity index (χ0) is 42.5. The molecule has 350 valence electrons. The number of allylic oxidation sites excluding steroid dienone is 4. The van der Waals surface area contributed by atoms with E-state index in [0.29, 0.717) is 13.0 Å². The van der Waals surface area contributed by atoms with Gasteiger partial charge in [0.2, 0.25) is 0 Å². The fourth-order valence-corrected chi connectivity index (χ4v) is 8.70. The van der Waals surface area contributed by atoms with Crippen LogP contribution in [0.2, 0.25) is 0 Å². The molecule has 0 saturated carbocycles. The van der Waals surface area contributed by atoms with E-state index in [1.54, 1.807) is 0 Å². The van der Waals surface area contributed by atoms with E-state index in [0.717, 1.165) is 19.3 Å². The van der Waals surface area contributed by atoms with Crippen molar-refractivity contribution in [3.8, 4) is 0 Å². The number of carbonyl (C=O) groups excluding carboxylic acids is 1. The first kappa shape index (κ1) is 58.0. The summed E-state index contributed by atoms with van der Waals surface area (Å²) in [6, 6.07) is 0. The van der Waals surface area contributed by atoms with Crippen molar-refractivity contribution < 1.29 is 9.53 Å². The van der Waals surface area contributed by atoms with Gasteiger partial charge in [-0.3, -0.25) is 4.79 Å². The van der Waals surface area contributed by atoms with Crippen LogP contribution in [-0.4, -0.2) is 12.6 Å². The number of hydrogen-bond acceptors (Lipinski definition) is 2. The predicted molar refractivity (Wildman–Crippen MR) is 267 cm³/mol. The van der Waals surface area contributed by atoms with Crippen LogP contribution in [0.25, 0.3) is 0 Å². The van der Waals surface area contributed by atoms with Crippen LogP contribution in [-0.2, 0) is 9.53 Å². The van der Waals surface area contributed by atoms with Gasteiger partial charge in [0.05, 0.1) is 6.61 Å². The number of esters is 1. The first-order chi connectivity index (χ1) is 29.3. The first-order valence-electron chi connectivity index (χ1n) is 27.8. The normalized spacial score (nSPS) is 11.8. The minimum absolute atomic E-state index is 0.0220. The Hall–Kier alpha value is -1.05. The Morgan fingerprint density at radius 1 is 0.288 bits per heavy atom. The van der Waals surface area contributed by atoms with E-state index in [-0.39, 0.29) is 5.97 Å². The van der Waals surface area contributed by atoms with Gasteiger partial charge in [-0.15, -0.1) is 0 Å². The lowest BCUT2D eigenvalue weighted by molar-refractivity contribution is -0.143. The van der Waals surface area contributed by atoms with Crippen LogP contribution in [0.3, 0.4) is 0 Å². The van der Waals surface area contributed by atoms with Crippen LogP contribution in [0.4, 0.5) is 0 Å². The van der Waals surface area contributed by atoms with Crippen LogP contribution >= 0.6 is 0 Å². The van der Waals surface area contributed by atoms with Gasteiger partial charge < -0.3 is 4.74 Å². The van der Waals surface area contributed by atoms with Crippen LogP contribution in [0.1, 0.15) is 328 Å². The highest BCUT2D eigenvalue weighted by molar-refractivity contribution is 5.69. The summed E-state index contributed by atoms with van der Waals surface area (Å²) in [5.74, 6) is 0.0220. The zero-order valence-electron chi connectivity index (χ0n) is 41.0. The predicted octanol–water partition coefficient (Wildman–Crippen LogP) is 20.8. The van der Waals surface area contributed by atoms with Crippen LogP contribution in [0.15, 0.2) is 24.3 Å². The summed E-state index contributed by atoms with van der Waals surface area (Å²) in [6.07, 6.45) is 76.4. The Morgan fingerprint density at radius 3 is 0.847 bits per heavy atom. The van der Waals surface area contributed by atoms with E-state index < -0.39 is 0 Å². The third kappa shape index (κ3) is 54.9. The summed E-state index contributed by atoms with van der Waals surface area (Å²) in [7, 11) is 0. The summed E-state index contributed by atoms with van der Waals surface area (Å²) >= 11 is 0. The van der Waals surface area contributed by atoms with Crippen molar-refractivity contribution in [3.05, 3.63) is 24.3 Å². The molecule has 0 saturated heterocycles. The van der Waals surface area contributed by atoms with Crippen molar-refractivity contribution >= 4 is 5.97 Å². The zero-order valence-corrected chi connectivity index (χ0v) is 41.0. The van der Waals surface area contributed by atoms with Crippen LogP contribution in [0, 0.1) is 0 Å². The molecule has 0 atom stereocenters. The quantitative estimate of drug-likeness (QED) is 0.0347. The van der Waals surface area contributed by atoms with E-state index in [1.165, 1.54) is 289 Å². The van der Waals surface area contributed by atoms with Gasteiger partial charge in [0.1, 0.15) is 0 Å². The van der Waals surface area contributed by atoms with Crippen molar-refractivity contribution in [2.45, 2.75) is 328 Å². The number of ether oxygens (including phenoxy) is 1. The highest BCUT2D eigenvalue weighted by atomic mass is 16.5. The largest absolute Gasteiger partial charge is 0.466 e. The summed E-state index contributed by atoms with van der Waals surface area (Å²) in [4.78, 5) is 12.1. The molecule has 0 aromatic heterocycles. The van der Waals surface area contributed by atoms with Gasteiger partial charge in [-0.25, -0.2) is 0 Å². The summed E-state index contributed by atoms with van der Waals surface area (Å²) < 4.78 is 5.48. The van der Waals surface area contributed by atoms with Crippen molar-refractivity contribution in [1.29, 1.82) is 0 Å². The lowest BCUT2D eigenvalue weighted by atomic mass is 10.0. The molecule has 0 rings (SSSR count). The van der Waals surface area contributed by atoms with Crippen LogP contribution < -0.4 is 0 Å². The van der Waals surface area contributed by atoms with Crippen molar-refractivity contribution in [3.63, 3.8) is 0 Å². The number of rotatable bonds is 52. The molecular weight excluding hydrogens is 717 g/mol. The highest BCUT2D eigenvalue weighted by Gasteiger charge is 2.03. The number of carbonyl (C=O) groups is 1. The Kier molecular flexibility index (Phi) is 54.0. The van der Waals surface area contributed by atoms with Crippen LogP contribution in [0.5, 0.6) is 0 Å². The average molecular weight is 828 g/mol. The standard InChI is InChI=1S/C57H110O2/c1-3-5-7-9-11-13-15-17-19-21-22-23-24-25-26-27-28-29-30-31-32-33-34-35-36-37-38-39-40-41-43-45-47-49-51-53-55-57(58)59-56-54-52-50-48-46-44-42-20-18-16-14-12-10-8-6-4-2/h12,14,18,20H,3-11,13,15-17,19,21-56H2,1-2H3/b14-12-,20-18+. The van der Waals surface area contributed by atoms with E-state index in [4.69, 9.17) is 4.74 Å². The average Bonchev–Trinajstić information content (AvgIpc) is 3.24. The monoisotopic (exact) mass is 827 g/mol. The van der Waals surface area contributed by atoms with Gasteiger partial charge in [0.15, 0.2) is 0 Å². The highest BCUT2D eigenvalue weighted by Crippen LogP contribution is 2.18. The molecule has 0 fully saturated rings. The van der Waals surface area contributed by atoms with E-state index in [1.807, 2.05) is 0 Å². The second-order valence-corrected chi connectivity index (χ2v) is 18.9. The maximum atomic E-state index is 12.1. The van der Waals surface area contributed by atoms with Gasteiger partial charge >= 0.3 is 5.97 Å². The molecule has 0 radical (unpaired) electrons. The Balaban J connectivity index is 3.16. The maximum Gasteiger partial charge on any atom is 0.305 e. The molecule has 0 spiro atoms. The topological polar surface area (TPSA) is 26.3 Å². The molecule has 2 heteroatoms. The molecule has 0 aliphatic heterocycles. The lowest BCUT2D eigenvalue weighted by Gasteiger charge is -2.06. The molecule has 0 aromatic rings. The minimum atomic E-state index is 0.0220. The van der Waals surface area contributed by atoms with Gasteiger partial charge in [0, 0.05) is 6.42 Å². The molecule has 0 aliphatic rings. The van der Waals surface area contributed by atoms with Gasteiger partial charge in [0.25, 0.3) is 0 Å². The molecule has 0 heterocycles. The molecule has 0 bridgehead atoms. The Labute approximate surface area is 373 Å². The Morgan fingerprint density at radius 2 is 0.525 bits per heavy atom. The van der Waals surface area contributed by atoms with Gasteiger partial charge in [-0.2, -0.15) is 0 Å². The van der Waals surface area contributed by atoms with Crippen molar-refractivity contribution in [2.75, 3.05) is 6.61 Å². The molecule has 2 nitrogen and oxygen atoms in total. The summed E-state index contributed by atoms with van der Waals surface area (Å²) in [6.45, 7) is 5.19. The third-order valence-corrected chi connectivity index (χ3v) is 12.8. The molecule has 0 N–H and O–H groups in total. The second-order valence-electron chi connectivity index (χ2n) is 18.9. The molecule has 0 unspecified atom stereocenters. The molecular formula is C57H110O2. The SMILES string of the molecule is CCCCC/C=C\C/C=C/CCCCCCCCOC(=O)CCCCCCCCCCCCCCCCCCCCCCCCCCCCCCCCCCCCCC. The molecule has 59 heavy (non-hydrogen) atoms. The molecule has 0 aliphatic carbocycles. The number of hydrogen-bond donors (Lipinski definition) is 0. The minimum Gasteiger partial charge on any atom is -0.466 e. The van der Waals surface area contributed by atoms with Crippen molar-refractivity contribution in [2.24, 2.45) is 0 Å². The first-order valence-corrected chi connectivity index (χ1v) is 27.8. The third-order valence-electron chi connectivity index (χ3n) is 12.8. The van der Waals surface area contributed by atoms with E-state index in [2.05, 4.69) is 38.2 Å². The van der Waals surface area contributed by atoms with E-state index in [9.17, 15) is 4.79 Å². The van der Waals surface area contributed by atoms with E-state index >= 15 is 0 Å². The second kappa shape index (κ2) is 55.0. The molecule has 0 amide bonds.